The van der Waals surface area contributed by atoms with Gasteiger partial charge in [0, 0.05) is 22.9 Å². The van der Waals surface area contributed by atoms with Crippen molar-refractivity contribution in [1.82, 2.24) is 10.3 Å². The highest BCUT2D eigenvalue weighted by atomic mass is 32.2. The van der Waals surface area contributed by atoms with Crippen LogP contribution in [0, 0.1) is 5.82 Å². The molecule has 0 aliphatic rings. The number of carbonyl (C=O) groups is 1. The molecular formula is C15H17FN2O3S. The number of nitrogens with zero attached hydrogens (tertiary/aromatic N) is 1. The minimum atomic E-state index is -1.36. The highest BCUT2D eigenvalue weighted by molar-refractivity contribution is 7.84. The van der Waals surface area contributed by atoms with E-state index in [9.17, 15) is 13.4 Å². The fraction of sp³-hybridized carbons (Fsp3) is 0.333. The van der Waals surface area contributed by atoms with E-state index in [2.05, 4.69) is 10.3 Å². The Morgan fingerprint density at radius 3 is 3.00 bits per heavy atom. The number of benzene rings is 1. The zero-order valence-electron chi connectivity index (χ0n) is 12.2. The van der Waals surface area contributed by atoms with Gasteiger partial charge in [0.05, 0.1) is 11.4 Å². The number of rotatable bonds is 7. The zero-order valence-corrected chi connectivity index (χ0v) is 13.0. The molecule has 0 saturated carbocycles. The molecule has 0 aliphatic heterocycles. The van der Waals surface area contributed by atoms with Gasteiger partial charge < -0.3 is 9.73 Å². The normalized spacial score (nSPS) is 12.1. The van der Waals surface area contributed by atoms with Crippen LogP contribution in [0.25, 0.3) is 11.5 Å². The molecule has 1 atom stereocenters. The molecule has 1 aromatic carbocycles. The van der Waals surface area contributed by atoms with E-state index in [0.29, 0.717) is 17.8 Å². The van der Waals surface area contributed by atoms with Crippen LogP contribution < -0.4 is 5.32 Å². The van der Waals surface area contributed by atoms with Gasteiger partial charge in [-0.05, 0) is 24.6 Å². The van der Waals surface area contributed by atoms with Crippen LogP contribution in [0.5, 0.6) is 0 Å². The van der Waals surface area contributed by atoms with E-state index in [1.54, 1.807) is 12.1 Å². The Labute approximate surface area is 130 Å². The number of aromatic nitrogens is 1. The van der Waals surface area contributed by atoms with Crippen molar-refractivity contribution >= 4 is 16.7 Å². The standard InChI is InChI=1S/C15H17FN2O3S/c1-2-6-17-14(19)10-22(20)9-13-8-21-15(18-13)11-4-3-5-12(16)7-11/h3-5,7-8H,2,6,9-10H2,1H3,(H,17,19)/t22-/m1/s1. The van der Waals surface area contributed by atoms with Gasteiger partial charge in [0.15, 0.2) is 0 Å². The van der Waals surface area contributed by atoms with E-state index in [4.69, 9.17) is 4.42 Å². The molecule has 0 radical (unpaired) electrons. The van der Waals surface area contributed by atoms with Gasteiger partial charge >= 0.3 is 0 Å². The summed E-state index contributed by atoms with van der Waals surface area (Å²) in [5, 5.41) is 2.67. The van der Waals surface area contributed by atoms with Gasteiger partial charge in [-0.2, -0.15) is 0 Å². The summed E-state index contributed by atoms with van der Waals surface area (Å²) in [5.41, 5.74) is 0.985. The molecule has 0 aliphatic carbocycles. The molecule has 0 saturated heterocycles. The molecular weight excluding hydrogens is 307 g/mol. The van der Waals surface area contributed by atoms with Crippen molar-refractivity contribution in [2.24, 2.45) is 0 Å². The maximum atomic E-state index is 13.2. The maximum Gasteiger partial charge on any atom is 0.232 e. The maximum absolute atomic E-state index is 13.2. The third-order valence-corrected chi connectivity index (χ3v) is 4.00. The lowest BCUT2D eigenvalue weighted by atomic mass is 10.2. The van der Waals surface area contributed by atoms with Crippen LogP contribution in [0.15, 0.2) is 34.9 Å². The smallest absolute Gasteiger partial charge is 0.232 e. The Morgan fingerprint density at radius 2 is 2.27 bits per heavy atom. The second kappa shape index (κ2) is 7.84. The molecule has 0 bridgehead atoms. The molecule has 0 spiro atoms. The summed E-state index contributed by atoms with van der Waals surface area (Å²) in [6.07, 6.45) is 2.21. The van der Waals surface area contributed by atoms with Crippen LogP contribution in [0.1, 0.15) is 19.0 Å². The van der Waals surface area contributed by atoms with Crippen molar-refractivity contribution in [2.45, 2.75) is 19.1 Å². The van der Waals surface area contributed by atoms with Crippen LogP contribution in [0.2, 0.25) is 0 Å². The summed E-state index contributed by atoms with van der Waals surface area (Å²) in [6.45, 7) is 2.52. The van der Waals surface area contributed by atoms with E-state index in [1.807, 2.05) is 6.92 Å². The molecule has 0 unspecified atom stereocenters. The van der Waals surface area contributed by atoms with E-state index in [1.165, 1.54) is 18.4 Å². The molecule has 22 heavy (non-hydrogen) atoms. The first-order chi connectivity index (χ1) is 10.6. The van der Waals surface area contributed by atoms with Gasteiger partial charge in [0.2, 0.25) is 11.8 Å². The SMILES string of the molecule is CCCNC(=O)C[S@](=O)Cc1coc(-c2cccc(F)c2)n1. The van der Waals surface area contributed by atoms with Crippen molar-refractivity contribution in [1.29, 1.82) is 0 Å². The average molecular weight is 324 g/mol. The first-order valence-electron chi connectivity index (χ1n) is 6.90. The summed E-state index contributed by atoms with van der Waals surface area (Å²) < 4.78 is 30.3. The average Bonchev–Trinajstić information content (AvgIpc) is 2.93. The third kappa shape index (κ3) is 4.77. The lowest BCUT2D eigenvalue weighted by Gasteiger charge is -2.02. The van der Waals surface area contributed by atoms with Crippen LogP contribution in [0.4, 0.5) is 4.39 Å². The van der Waals surface area contributed by atoms with E-state index < -0.39 is 10.8 Å². The third-order valence-electron chi connectivity index (χ3n) is 2.80. The van der Waals surface area contributed by atoms with Gasteiger partial charge in [0.25, 0.3) is 0 Å². The van der Waals surface area contributed by atoms with Crippen molar-refractivity contribution in [3.63, 3.8) is 0 Å². The number of oxazole rings is 1. The van der Waals surface area contributed by atoms with E-state index >= 15 is 0 Å². The second-order valence-electron chi connectivity index (χ2n) is 4.73. The molecule has 0 fully saturated rings. The van der Waals surface area contributed by atoms with Gasteiger partial charge in [0.1, 0.15) is 17.8 Å². The Kier molecular flexibility index (Phi) is 5.83. The van der Waals surface area contributed by atoms with E-state index in [0.717, 1.165) is 6.42 Å². The minimum absolute atomic E-state index is 0.0673. The minimum Gasteiger partial charge on any atom is -0.444 e. The zero-order chi connectivity index (χ0) is 15.9. The van der Waals surface area contributed by atoms with E-state index in [-0.39, 0.29) is 29.1 Å². The number of hydrogen-bond acceptors (Lipinski definition) is 4. The largest absolute Gasteiger partial charge is 0.444 e. The number of hydrogen-bond donors (Lipinski definition) is 1. The van der Waals surface area contributed by atoms with Gasteiger partial charge in [-0.3, -0.25) is 9.00 Å². The Morgan fingerprint density at radius 1 is 1.45 bits per heavy atom. The molecule has 1 N–H and O–H groups in total. The van der Waals surface area contributed by atoms with Crippen LogP contribution in [-0.4, -0.2) is 27.4 Å². The number of carbonyl (C=O) groups excluding carboxylic acids is 1. The first kappa shape index (κ1) is 16.4. The predicted octanol–water partition coefficient (Wildman–Crippen LogP) is 2.26. The molecule has 118 valence electrons. The van der Waals surface area contributed by atoms with Gasteiger partial charge in [-0.15, -0.1) is 0 Å². The second-order valence-corrected chi connectivity index (χ2v) is 6.19. The quantitative estimate of drug-likeness (QED) is 0.848. The highest BCUT2D eigenvalue weighted by Gasteiger charge is 2.12. The summed E-state index contributed by atoms with van der Waals surface area (Å²) in [6, 6.07) is 5.88. The summed E-state index contributed by atoms with van der Waals surface area (Å²) in [5.74, 6) is -0.301. The summed E-state index contributed by atoms with van der Waals surface area (Å²) in [4.78, 5) is 15.6. The monoisotopic (exact) mass is 324 g/mol. The van der Waals surface area contributed by atoms with Crippen LogP contribution >= 0.6 is 0 Å². The van der Waals surface area contributed by atoms with Crippen LogP contribution in [-0.2, 0) is 21.3 Å². The fourth-order valence-electron chi connectivity index (χ4n) is 1.81. The van der Waals surface area contributed by atoms with Crippen molar-refractivity contribution in [3.05, 3.63) is 42.0 Å². The predicted molar refractivity (Wildman–Crippen MR) is 81.9 cm³/mol. The molecule has 2 aromatic rings. The Balaban J connectivity index is 1.94. The van der Waals surface area contributed by atoms with Crippen molar-refractivity contribution in [2.75, 3.05) is 12.3 Å². The summed E-state index contributed by atoms with van der Waals surface area (Å²) >= 11 is 0. The fourth-order valence-corrected chi connectivity index (χ4v) is 2.76. The van der Waals surface area contributed by atoms with Crippen molar-refractivity contribution in [3.8, 4) is 11.5 Å². The van der Waals surface area contributed by atoms with Crippen molar-refractivity contribution < 1.29 is 17.8 Å². The molecule has 5 nitrogen and oxygen atoms in total. The Bertz CT molecular complexity index is 672. The molecule has 1 amide bonds. The van der Waals surface area contributed by atoms with Crippen LogP contribution in [0.3, 0.4) is 0 Å². The van der Waals surface area contributed by atoms with Gasteiger partial charge in [-0.1, -0.05) is 13.0 Å². The first-order valence-corrected chi connectivity index (χ1v) is 8.39. The van der Waals surface area contributed by atoms with Gasteiger partial charge in [-0.25, -0.2) is 9.37 Å². The Hall–Kier alpha value is -2.02. The lowest BCUT2D eigenvalue weighted by Crippen LogP contribution is -2.29. The highest BCUT2D eigenvalue weighted by Crippen LogP contribution is 2.19. The number of halogens is 1. The topological polar surface area (TPSA) is 72.2 Å². The summed E-state index contributed by atoms with van der Waals surface area (Å²) in [7, 11) is -1.36. The molecule has 1 aromatic heterocycles. The molecule has 1 heterocycles. The molecule has 2 rings (SSSR count). The number of amides is 1. The lowest BCUT2D eigenvalue weighted by molar-refractivity contribution is -0.118. The number of nitrogens with one attached hydrogen (secondary N) is 1. The molecule has 7 heteroatoms.